The van der Waals surface area contributed by atoms with Crippen molar-refractivity contribution < 1.29 is 0 Å². The zero-order valence-electron chi connectivity index (χ0n) is 11.1. The van der Waals surface area contributed by atoms with E-state index in [1.807, 2.05) is 13.8 Å². The lowest BCUT2D eigenvalue weighted by Gasteiger charge is -2.14. The Morgan fingerprint density at radius 2 is 2.06 bits per heavy atom. The van der Waals surface area contributed by atoms with E-state index in [0.717, 1.165) is 19.3 Å². The molecule has 0 unspecified atom stereocenters. The van der Waals surface area contributed by atoms with Crippen molar-refractivity contribution >= 4 is 0 Å². The van der Waals surface area contributed by atoms with Crippen molar-refractivity contribution in [2.24, 2.45) is 5.41 Å². The fourth-order valence-corrected chi connectivity index (χ4v) is 1.69. The largest absolute Gasteiger partial charge is 0.328 e. The third kappa shape index (κ3) is 3.88. The van der Waals surface area contributed by atoms with Crippen LogP contribution in [-0.4, -0.2) is 9.55 Å². The summed E-state index contributed by atoms with van der Waals surface area (Å²) in [6.07, 6.45) is 4.08. The van der Waals surface area contributed by atoms with E-state index in [9.17, 15) is 9.59 Å². The number of nitrogens with one attached hydrogen (secondary N) is 1. The highest BCUT2D eigenvalue weighted by Gasteiger charge is 2.15. The van der Waals surface area contributed by atoms with Gasteiger partial charge in [0.2, 0.25) is 0 Å². The van der Waals surface area contributed by atoms with Crippen molar-refractivity contribution in [3.05, 3.63) is 32.6 Å². The first-order valence-corrected chi connectivity index (χ1v) is 6.07. The number of aryl methyl sites for hydroxylation is 2. The Bertz CT molecular complexity index is 561. The van der Waals surface area contributed by atoms with Gasteiger partial charge in [-0.1, -0.05) is 6.42 Å². The molecule has 0 spiro atoms. The van der Waals surface area contributed by atoms with Crippen LogP contribution in [0.15, 0.2) is 15.8 Å². The van der Waals surface area contributed by atoms with Crippen molar-refractivity contribution in [1.82, 2.24) is 9.55 Å². The normalized spacial score (nSPS) is 11.2. The van der Waals surface area contributed by atoms with Gasteiger partial charge in [0.1, 0.15) is 0 Å². The summed E-state index contributed by atoms with van der Waals surface area (Å²) in [7, 11) is 0. The first-order valence-electron chi connectivity index (χ1n) is 6.07. The van der Waals surface area contributed by atoms with Crippen LogP contribution in [-0.2, 0) is 6.54 Å². The van der Waals surface area contributed by atoms with Crippen molar-refractivity contribution in [2.45, 2.75) is 46.6 Å². The van der Waals surface area contributed by atoms with Gasteiger partial charge in [-0.2, -0.15) is 5.26 Å². The molecule has 1 heterocycles. The van der Waals surface area contributed by atoms with E-state index in [4.69, 9.17) is 5.26 Å². The molecular weight excluding hydrogens is 230 g/mol. The van der Waals surface area contributed by atoms with Crippen LogP contribution in [0.2, 0.25) is 0 Å². The highest BCUT2D eigenvalue weighted by molar-refractivity contribution is 5.00. The average molecular weight is 249 g/mol. The van der Waals surface area contributed by atoms with E-state index in [1.54, 1.807) is 13.1 Å². The minimum Gasteiger partial charge on any atom is -0.300 e. The van der Waals surface area contributed by atoms with Crippen molar-refractivity contribution in [2.75, 3.05) is 0 Å². The van der Waals surface area contributed by atoms with Gasteiger partial charge >= 0.3 is 5.69 Å². The van der Waals surface area contributed by atoms with Crippen LogP contribution >= 0.6 is 0 Å². The first kappa shape index (κ1) is 14.2. The maximum absolute atomic E-state index is 11.5. The van der Waals surface area contributed by atoms with Crippen LogP contribution < -0.4 is 11.2 Å². The number of rotatable bonds is 5. The number of H-pyrrole nitrogens is 1. The van der Waals surface area contributed by atoms with Crippen LogP contribution in [0, 0.1) is 23.7 Å². The quantitative estimate of drug-likeness (QED) is 0.804. The van der Waals surface area contributed by atoms with Crippen molar-refractivity contribution in [3.8, 4) is 6.07 Å². The van der Waals surface area contributed by atoms with E-state index in [0.29, 0.717) is 12.1 Å². The highest BCUT2D eigenvalue weighted by Crippen LogP contribution is 2.21. The minimum atomic E-state index is -0.370. The lowest BCUT2D eigenvalue weighted by atomic mass is 9.89. The second kappa shape index (κ2) is 5.67. The number of hydrogen-bond donors (Lipinski definition) is 1. The summed E-state index contributed by atoms with van der Waals surface area (Å²) in [6.45, 7) is 6.05. The second-order valence-electron chi connectivity index (χ2n) is 5.22. The Morgan fingerprint density at radius 1 is 1.39 bits per heavy atom. The summed E-state index contributed by atoms with van der Waals surface area (Å²) < 4.78 is 1.51. The maximum atomic E-state index is 11.5. The molecule has 0 aliphatic carbocycles. The van der Waals surface area contributed by atoms with Crippen molar-refractivity contribution in [1.29, 1.82) is 5.26 Å². The molecule has 18 heavy (non-hydrogen) atoms. The molecule has 98 valence electrons. The second-order valence-corrected chi connectivity index (χ2v) is 5.22. The topological polar surface area (TPSA) is 78.7 Å². The smallest absolute Gasteiger partial charge is 0.300 e. The van der Waals surface area contributed by atoms with Crippen LogP contribution in [0.4, 0.5) is 0 Å². The van der Waals surface area contributed by atoms with Gasteiger partial charge in [-0.05, 0) is 33.6 Å². The van der Waals surface area contributed by atoms with E-state index in [-0.39, 0.29) is 16.7 Å². The fraction of sp³-hybridized carbons (Fsp3) is 0.615. The predicted molar refractivity (Wildman–Crippen MR) is 69.3 cm³/mol. The summed E-state index contributed by atoms with van der Waals surface area (Å²) in [5.41, 5.74) is -0.481. The summed E-state index contributed by atoms with van der Waals surface area (Å²) in [4.78, 5) is 25.0. The fourth-order valence-electron chi connectivity index (χ4n) is 1.69. The molecule has 1 N–H and O–H groups in total. The van der Waals surface area contributed by atoms with Crippen LogP contribution in [0.5, 0.6) is 0 Å². The van der Waals surface area contributed by atoms with Crippen LogP contribution in [0.3, 0.4) is 0 Å². The molecule has 0 saturated carbocycles. The Labute approximate surface area is 106 Å². The molecule has 1 aromatic heterocycles. The number of nitrogens with zero attached hydrogens (tertiary/aromatic N) is 2. The van der Waals surface area contributed by atoms with E-state index < -0.39 is 0 Å². The van der Waals surface area contributed by atoms with Crippen molar-refractivity contribution in [3.63, 3.8) is 0 Å². The molecule has 0 saturated heterocycles. The lowest BCUT2D eigenvalue weighted by Crippen LogP contribution is -2.30. The minimum absolute atomic E-state index is 0.314. The molecular formula is C13H19N3O2. The molecule has 0 aliphatic rings. The molecule has 5 nitrogen and oxygen atoms in total. The lowest BCUT2D eigenvalue weighted by molar-refractivity contribution is 0.414. The number of aromatic amines is 1. The van der Waals surface area contributed by atoms with Gasteiger partial charge in [0.15, 0.2) is 0 Å². The number of aromatic nitrogens is 2. The summed E-state index contributed by atoms with van der Waals surface area (Å²) in [6, 6.07) is 2.25. The van der Waals surface area contributed by atoms with Gasteiger partial charge in [0, 0.05) is 18.3 Å². The molecule has 0 amide bonds. The molecule has 0 radical (unpaired) electrons. The predicted octanol–water partition coefficient (Wildman–Crippen LogP) is 1.57. The number of nitriles is 1. The first-order chi connectivity index (χ1) is 8.35. The molecule has 5 heteroatoms. The Balaban J connectivity index is 2.56. The maximum Gasteiger partial charge on any atom is 0.328 e. The third-order valence-electron chi connectivity index (χ3n) is 2.94. The highest BCUT2D eigenvalue weighted by atomic mass is 16.2. The molecule has 0 fully saturated rings. The van der Waals surface area contributed by atoms with Gasteiger partial charge in [-0.15, -0.1) is 0 Å². The van der Waals surface area contributed by atoms with Gasteiger partial charge < -0.3 is 4.57 Å². The van der Waals surface area contributed by atoms with Gasteiger partial charge in [0.05, 0.1) is 11.5 Å². The third-order valence-corrected chi connectivity index (χ3v) is 2.94. The Morgan fingerprint density at radius 3 is 2.67 bits per heavy atom. The molecule has 0 bridgehead atoms. The SMILES string of the molecule is Cc1cn(CCCCC(C)(C)C#N)c(=O)[nH]c1=O. The Hall–Kier alpha value is -1.83. The molecule has 0 aromatic carbocycles. The zero-order chi connectivity index (χ0) is 13.8. The van der Waals surface area contributed by atoms with Gasteiger partial charge in [0.25, 0.3) is 5.56 Å². The molecule has 0 atom stereocenters. The van der Waals surface area contributed by atoms with E-state index >= 15 is 0 Å². The van der Waals surface area contributed by atoms with E-state index in [2.05, 4.69) is 11.1 Å². The van der Waals surface area contributed by atoms with Crippen LogP contribution in [0.25, 0.3) is 0 Å². The zero-order valence-corrected chi connectivity index (χ0v) is 11.1. The Kier molecular flexibility index (Phi) is 4.49. The summed E-state index contributed by atoms with van der Waals surface area (Å²) in [5, 5.41) is 8.88. The van der Waals surface area contributed by atoms with E-state index in [1.165, 1.54) is 4.57 Å². The number of unbranched alkanes of at least 4 members (excludes halogenated alkanes) is 1. The molecule has 0 aliphatic heterocycles. The van der Waals surface area contributed by atoms with Gasteiger partial charge in [-0.3, -0.25) is 9.78 Å². The summed E-state index contributed by atoms with van der Waals surface area (Å²) >= 11 is 0. The molecule has 1 aromatic rings. The standard InChI is InChI=1S/C13H19N3O2/c1-10-8-16(12(18)15-11(10)17)7-5-4-6-13(2,3)9-14/h8H,4-7H2,1-3H3,(H,15,17,18). The summed E-state index contributed by atoms with van der Waals surface area (Å²) in [5.74, 6) is 0. The van der Waals surface area contributed by atoms with Crippen LogP contribution in [0.1, 0.15) is 38.7 Å². The number of hydrogen-bond acceptors (Lipinski definition) is 3. The molecule has 1 rings (SSSR count). The van der Waals surface area contributed by atoms with Gasteiger partial charge in [-0.25, -0.2) is 4.79 Å². The average Bonchev–Trinajstić information content (AvgIpc) is 2.31. The monoisotopic (exact) mass is 249 g/mol.